The van der Waals surface area contributed by atoms with E-state index in [4.69, 9.17) is 16.3 Å². The minimum absolute atomic E-state index is 0.0844. The number of methoxy groups -OCH3 is 1. The van der Waals surface area contributed by atoms with Gasteiger partial charge in [-0.05, 0) is 70.8 Å². The summed E-state index contributed by atoms with van der Waals surface area (Å²) in [7, 11) is 1.60. The highest BCUT2D eigenvalue weighted by molar-refractivity contribution is 6.35. The molecule has 0 aliphatic heterocycles. The maximum atomic E-state index is 14.1. The van der Waals surface area contributed by atoms with Crippen molar-refractivity contribution in [2.45, 2.75) is 31.3 Å². The Hall–Kier alpha value is -4.55. The normalized spacial score (nSPS) is 13.8. The molecule has 6 rings (SSSR count). The summed E-state index contributed by atoms with van der Waals surface area (Å²) in [6.45, 7) is 2.09. The molecule has 4 aromatic carbocycles. The van der Waals surface area contributed by atoms with Crippen molar-refractivity contribution in [1.82, 2.24) is 9.88 Å². The fourth-order valence-corrected chi connectivity index (χ4v) is 6.49. The van der Waals surface area contributed by atoms with Gasteiger partial charge in [-0.25, -0.2) is 4.79 Å². The first-order valence-electron chi connectivity index (χ1n) is 13.4. The number of ether oxygens (including phenoxy) is 1. The number of hydrogen-bond donors (Lipinski definition) is 2. The van der Waals surface area contributed by atoms with Gasteiger partial charge in [0, 0.05) is 11.6 Å². The van der Waals surface area contributed by atoms with Gasteiger partial charge in [0.25, 0.3) is 5.56 Å². The standard InChI is InChI=1S/C34H29ClN2O4/c1-34(36-33(39)40,19-28-26-11-5-3-9-24(26)25-10-4-6-12-27(25)28)30-18-22-8-7-13-29(35)31(22)32(38)37(30)20-21-14-16-23(41-2)17-15-21/h3-18,28,36H,19-20H2,1-2H3,(H,39,40). The van der Waals surface area contributed by atoms with E-state index in [1.165, 1.54) is 0 Å². The predicted octanol–water partition coefficient (Wildman–Crippen LogP) is 7.40. The fraction of sp³-hybridized carbons (Fsp3) is 0.176. The minimum atomic E-state index is -1.17. The Morgan fingerprint density at radius 3 is 2.20 bits per heavy atom. The van der Waals surface area contributed by atoms with Crippen LogP contribution in [0.2, 0.25) is 5.02 Å². The van der Waals surface area contributed by atoms with Crippen molar-refractivity contribution < 1.29 is 14.6 Å². The highest BCUT2D eigenvalue weighted by atomic mass is 35.5. The predicted molar refractivity (Wildman–Crippen MR) is 162 cm³/mol. The van der Waals surface area contributed by atoms with E-state index in [0.717, 1.165) is 27.8 Å². The lowest BCUT2D eigenvalue weighted by molar-refractivity contribution is 0.174. The number of pyridine rings is 1. The van der Waals surface area contributed by atoms with Crippen LogP contribution in [0.3, 0.4) is 0 Å². The van der Waals surface area contributed by atoms with Crippen molar-refractivity contribution >= 4 is 28.5 Å². The summed E-state index contributed by atoms with van der Waals surface area (Å²) in [5.74, 6) is 0.623. The number of nitrogens with zero attached hydrogens (tertiary/aromatic N) is 1. The molecule has 6 nitrogen and oxygen atoms in total. The first-order chi connectivity index (χ1) is 19.8. The summed E-state index contributed by atoms with van der Waals surface area (Å²) in [5.41, 5.74) is 4.60. The average Bonchev–Trinajstić information content (AvgIpc) is 3.27. The van der Waals surface area contributed by atoms with Gasteiger partial charge < -0.3 is 19.7 Å². The summed E-state index contributed by atoms with van der Waals surface area (Å²) < 4.78 is 6.96. The van der Waals surface area contributed by atoms with E-state index in [-0.39, 0.29) is 18.0 Å². The number of carbonyl (C=O) groups is 1. The highest BCUT2D eigenvalue weighted by Gasteiger charge is 2.39. The Morgan fingerprint density at radius 2 is 1.59 bits per heavy atom. The van der Waals surface area contributed by atoms with E-state index >= 15 is 0 Å². The number of amides is 1. The van der Waals surface area contributed by atoms with E-state index in [9.17, 15) is 14.7 Å². The summed E-state index contributed by atoms with van der Waals surface area (Å²) in [5, 5.41) is 14.3. The summed E-state index contributed by atoms with van der Waals surface area (Å²) in [6.07, 6.45) is -0.761. The van der Waals surface area contributed by atoms with Crippen LogP contribution in [0.4, 0.5) is 4.79 Å². The van der Waals surface area contributed by atoms with E-state index in [1.807, 2.05) is 67.6 Å². The highest BCUT2D eigenvalue weighted by Crippen LogP contribution is 2.49. The van der Waals surface area contributed by atoms with Crippen molar-refractivity contribution in [3.05, 3.63) is 135 Å². The molecule has 1 atom stereocenters. The molecule has 41 heavy (non-hydrogen) atoms. The lowest BCUT2D eigenvalue weighted by atomic mass is 9.80. The Labute approximate surface area is 242 Å². The number of aromatic nitrogens is 1. The maximum Gasteiger partial charge on any atom is 0.405 e. The van der Waals surface area contributed by atoms with Crippen LogP contribution in [0.25, 0.3) is 21.9 Å². The van der Waals surface area contributed by atoms with Gasteiger partial charge in [0.05, 0.1) is 29.6 Å². The maximum absolute atomic E-state index is 14.1. The third-order valence-electron chi connectivity index (χ3n) is 8.11. The molecule has 2 N–H and O–H groups in total. The minimum Gasteiger partial charge on any atom is -0.497 e. The zero-order valence-corrected chi connectivity index (χ0v) is 23.5. The SMILES string of the molecule is COc1ccc(Cn2c(C(C)(CC3c4ccccc4-c4ccccc43)NC(=O)O)cc3cccc(Cl)c3c2=O)cc1. The van der Waals surface area contributed by atoms with Gasteiger partial charge in [0.2, 0.25) is 0 Å². The van der Waals surface area contributed by atoms with Crippen LogP contribution < -0.4 is 15.6 Å². The molecular weight excluding hydrogens is 536 g/mol. The van der Waals surface area contributed by atoms with Gasteiger partial charge in [-0.3, -0.25) is 4.79 Å². The van der Waals surface area contributed by atoms with Crippen molar-refractivity contribution in [3.8, 4) is 16.9 Å². The zero-order valence-electron chi connectivity index (χ0n) is 22.7. The molecule has 1 aromatic heterocycles. The monoisotopic (exact) mass is 564 g/mol. The quantitative estimate of drug-likeness (QED) is 0.216. The fourth-order valence-electron chi connectivity index (χ4n) is 6.23. The molecule has 0 bridgehead atoms. The van der Waals surface area contributed by atoms with Crippen LogP contribution in [-0.4, -0.2) is 22.9 Å². The molecule has 0 saturated heterocycles. The number of nitrogens with one attached hydrogen (secondary N) is 1. The van der Waals surface area contributed by atoms with Crippen molar-refractivity contribution in [1.29, 1.82) is 0 Å². The summed E-state index contributed by atoms with van der Waals surface area (Å²) in [4.78, 5) is 26.5. The van der Waals surface area contributed by atoms with Gasteiger partial charge in [-0.15, -0.1) is 0 Å². The van der Waals surface area contributed by atoms with Crippen molar-refractivity contribution in [2.24, 2.45) is 0 Å². The molecule has 1 aliphatic carbocycles. The largest absolute Gasteiger partial charge is 0.497 e. The number of benzene rings is 4. The molecule has 1 amide bonds. The second kappa shape index (κ2) is 10.5. The van der Waals surface area contributed by atoms with Crippen molar-refractivity contribution in [3.63, 3.8) is 0 Å². The Morgan fingerprint density at radius 1 is 0.951 bits per heavy atom. The van der Waals surface area contributed by atoms with Gasteiger partial charge in [-0.1, -0.05) is 84.4 Å². The van der Waals surface area contributed by atoms with Crippen LogP contribution in [0.1, 0.15) is 41.6 Å². The van der Waals surface area contributed by atoms with E-state index in [2.05, 4.69) is 29.6 Å². The van der Waals surface area contributed by atoms with Gasteiger partial charge in [-0.2, -0.15) is 0 Å². The van der Waals surface area contributed by atoms with Crippen LogP contribution in [0.5, 0.6) is 5.75 Å². The molecular formula is C34H29ClN2O4. The van der Waals surface area contributed by atoms with Crippen LogP contribution >= 0.6 is 11.6 Å². The van der Waals surface area contributed by atoms with Gasteiger partial charge in [0.15, 0.2) is 0 Å². The lowest BCUT2D eigenvalue weighted by Crippen LogP contribution is -2.47. The average molecular weight is 565 g/mol. The van der Waals surface area contributed by atoms with Crippen molar-refractivity contribution in [2.75, 3.05) is 7.11 Å². The number of hydrogen-bond acceptors (Lipinski definition) is 3. The molecule has 1 aliphatic rings. The number of rotatable bonds is 7. The van der Waals surface area contributed by atoms with Crippen LogP contribution in [-0.2, 0) is 12.1 Å². The molecule has 1 unspecified atom stereocenters. The first-order valence-corrected chi connectivity index (χ1v) is 13.8. The van der Waals surface area contributed by atoms with Crippen LogP contribution in [0.15, 0.2) is 102 Å². The second-order valence-corrected chi connectivity index (χ2v) is 11.1. The van der Waals surface area contributed by atoms with Crippen LogP contribution in [0, 0.1) is 0 Å². The van der Waals surface area contributed by atoms with Gasteiger partial charge in [0.1, 0.15) is 5.75 Å². The Kier molecular flexibility index (Phi) is 6.80. The van der Waals surface area contributed by atoms with E-state index in [0.29, 0.717) is 33.7 Å². The first kappa shape index (κ1) is 26.7. The summed E-state index contributed by atoms with van der Waals surface area (Å²) >= 11 is 6.54. The third-order valence-corrected chi connectivity index (χ3v) is 8.43. The third kappa shape index (κ3) is 4.74. The summed E-state index contributed by atoms with van der Waals surface area (Å²) in [6, 6.07) is 31.2. The molecule has 0 saturated carbocycles. The molecule has 0 spiro atoms. The molecule has 5 aromatic rings. The number of fused-ring (bicyclic) bond motifs is 4. The number of carboxylic acid groups (broad SMARTS) is 1. The Balaban J connectivity index is 1.56. The Bertz CT molecular complexity index is 1800. The topological polar surface area (TPSA) is 80.6 Å². The number of halogens is 1. The lowest BCUT2D eigenvalue weighted by Gasteiger charge is -2.35. The van der Waals surface area contributed by atoms with E-state index in [1.54, 1.807) is 23.8 Å². The van der Waals surface area contributed by atoms with E-state index < -0.39 is 11.6 Å². The molecule has 0 fully saturated rings. The molecule has 206 valence electrons. The molecule has 0 radical (unpaired) electrons. The zero-order chi connectivity index (χ0) is 28.7. The van der Waals surface area contributed by atoms with Gasteiger partial charge >= 0.3 is 6.09 Å². The molecule has 7 heteroatoms. The second-order valence-electron chi connectivity index (χ2n) is 10.7. The smallest absolute Gasteiger partial charge is 0.405 e. The molecule has 1 heterocycles.